The van der Waals surface area contributed by atoms with Crippen LogP contribution in [-0.2, 0) is 4.74 Å². The second kappa shape index (κ2) is 9.23. The summed E-state index contributed by atoms with van der Waals surface area (Å²) < 4.78 is 5.85. The molecule has 0 spiro atoms. The van der Waals surface area contributed by atoms with E-state index in [1.165, 1.54) is 0 Å². The Bertz CT molecular complexity index is 408. The summed E-state index contributed by atoms with van der Waals surface area (Å²) in [5, 5.41) is 9.59. The maximum absolute atomic E-state index is 12.0. The summed E-state index contributed by atoms with van der Waals surface area (Å²) in [4.78, 5) is 14.0. The van der Waals surface area contributed by atoms with Crippen LogP contribution in [0.5, 0.6) is 0 Å². The minimum atomic E-state index is -0.479. The number of Topliss-reactive ketones (excluding diaryl/α,β-unsaturated/α-hetero) is 1. The number of nitrogens with zero attached hydrogens (tertiary/aromatic N) is 1. The van der Waals surface area contributed by atoms with E-state index in [1.807, 2.05) is 36.2 Å². The third kappa shape index (κ3) is 6.61. The summed E-state index contributed by atoms with van der Waals surface area (Å²) in [6.07, 6.45) is 0.824. The zero-order valence-corrected chi connectivity index (χ0v) is 13.6. The Labute approximate surface area is 128 Å². The van der Waals surface area contributed by atoms with E-state index < -0.39 is 6.10 Å². The summed E-state index contributed by atoms with van der Waals surface area (Å²) in [7, 11) is 3.50. The van der Waals surface area contributed by atoms with Crippen LogP contribution in [0.2, 0.25) is 0 Å². The van der Waals surface area contributed by atoms with E-state index in [4.69, 9.17) is 4.74 Å². The first-order valence-corrected chi connectivity index (χ1v) is 7.46. The number of rotatable bonds is 9. The van der Waals surface area contributed by atoms with Crippen molar-refractivity contribution in [2.45, 2.75) is 18.9 Å². The molecule has 20 heavy (non-hydrogen) atoms. The van der Waals surface area contributed by atoms with Crippen LogP contribution in [0.25, 0.3) is 0 Å². The second-order valence-electron chi connectivity index (χ2n) is 4.91. The molecule has 1 N–H and O–H groups in total. The molecule has 1 rings (SSSR count). The summed E-state index contributed by atoms with van der Waals surface area (Å²) in [5.74, 6) is 0.156. The first-order valence-electron chi connectivity index (χ1n) is 6.67. The van der Waals surface area contributed by atoms with E-state index in [2.05, 4.69) is 15.9 Å². The van der Waals surface area contributed by atoms with Gasteiger partial charge in [-0.25, -0.2) is 0 Å². The van der Waals surface area contributed by atoms with Crippen molar-refractivity contribution >= 4 is 21.7 Å². The molecule has 1 atom stereocenters. The maximum atomic E-state index is 12.0. The first-order chi connectivity index (χ1) is 9.52. The van der Waals surface area contributed by atoms with Gasteiger partial charge in [0.05, 0.1) is 12.7 Å². The largest absolute Gasteiger partial charge is 0.389 e. The molecule has 1 aromatic rings. The maximum Gasteiger partial charge on any atom is 0.162 e. The third-order valence-electron chi connectivity index (χ3n) is 2.99. The van der Waals surface area contributed by atoms with E-state index in [-0.39, 0.29) is 5.78 Å². The minimum absolute atomic E-state index is 0.156. The topological polar surface area (TPSA) is 49.8 Å². The zero-order valence-electron chi connectivity index (χ0n) is 12.0. The SMILES string of the molecule is COCC(O)CN(C)CCCC(=O)c1ccc(Br)cc1. The molecular weight excluding hydrogens is 322 g/mol. The Morgan fingerprint density at radius 1 is 1.40 bits per heavy atom. The van der Waals surface area contributed by atoms with Crippen LogP contribution in [0.4, 0.5) is 0 Å². The highest BCUT2D eigenvalue weighted by molar-refractivity contribution is 9.10. The fourth-order valence-corrected chi connectivity index (χ4v) is 2.25. The quantitative estimate of drug-likeness (QED) is 0.699. The molecule has 0 saturated carbocycles. The lowest BCUT2D eigenvalue weighted by Crippen LogP contribution is -2.32. The summed E-state index contributed by atoms with van der Waals surface area (Å²) in [6, 6.07) is 7.41. The Morgan fingerprint density at radius 3 is 2.65 bits per heavy atom. The number of carbonyl (C=O) groups excluding carboxylic acids is 1. The lowest BCUT2D eigenvalue weighted by Gasteiger charge is -2.19. The second-order valence-corrected chi connectivity index (χ2v) is 5.82. The van der Waals surface area contributed by atoms with E-state index in [0.29, 0.717) is 19.6 Å². The molecule has 1 aromatic carbocycles. The van der Waals surface area contributed by atoms with Crippen molar-refractivity contribution in [3.05, 3.63) is 34.3 Å². The molecule has 0 radical (unpaired) electrons. The summed E-state index contributed by atoms with van der Waals surface area (Å²) >= 11 is 3.35. The molecule has 0 saturated heterocycles. The van der Waals surface area contributed by atoms with Crippen molar-refractivity contribution in [3.8, 4) is 0 Å². The van der Waals surface area contributed by atoms with Crippen molar-refractivity contribution in [3.63, 3.8) is 0 Å². The lowest BCUT2D eigenvalue weighted by atomic mass is 10.1. The Balaban J connectivity index is 2.26. The highest BCUT2D eigenvalue weighted by Gasteiger charge is 2.09. The molecule has 0 bridgehead atoms. The van der Waals surface area contributed by atoms with Gasteiger partial charge in [0.1, 0.15) is 0 Å². The number of halogens is 1. The van der Waals surface area contributed by atoms with Crippen LogP contribution >= 0.6 is 15.9 Å². The van der Waals surface area contributed by atoms with Crippen LogP contribution in [-0.4, -0.2) is 55.7 Å². The fraction of sp³-hybridized carbons (Fsp3) is 0.533. The molecule has 0 aliphatic rings. The predicted octanol–water partition coefficient (Wildman–Crippen LogP) is 2.35. The van der Waals surface area contributed by atoms with Gasteiger partial charge in [0, 0.05) is 30.1 Å². The minimum Gasteiger partial charge on any atom is -0.389 e. The van der Waals surface area contributed by atoms with Crippen molar-refractivity contribution < 1.29 is 14.6 Å². The fourth-order valence-electron chi connectivity index (χ4n) is 1.99. The van der Waals surface area contributed by atoms with Gasteiger partial charge < -0.3 is 14.7 Å². The van der Waals surface area contributed by atoms with E-state index >= 15 is 0 Å². The molecule has 0 amide bonds. The van der Waals surface area contributed by atoms with Crippen LogP contribution in [0.1, 0.15) is 23.2 Å². The molecule has 1 unspecified atom stereocenters. The number of benzene rings is 1. The van der Waals surface area contributed by atoms with Gasteiger partial charge in [-0.1, -0.05) is 28.1 Å². The number of hydrogen-bond donors (Lipinski definition) is 1. The Hall–Kier alpha value is -0.750. The number of methoxy groups -OCH3 is 1. The first kappa shape index (κ1) is 17.3. The summed E-state index contributed by atoms with van der Waals surface area (Å²) in [6.45, 7) is 1.67. The standard InChI is InChI=1S/C15H22BrNO3/c1-17(10-14(18)11-20-2)9-3-4-15(19)12-5-7-13(16)8-6-12/h5-8,14,18H,3-4,9-11H2,1-2H3. The number of ether oxygens (including phenoxy) is 1. The van der Waals surface area contributed by atoms with E-state index in [9.17, 15) is 9.90 Å². The summed E-state index contributed by atoms with van der Waals surface area (Å²) in [5.41, 5.74) is 0.746. The lowest BCUT2D eigenvalue weighted by molar-refractivity contribution is 0.0430. The van der Waals surface area contributed by atoms with E-state index in [0.717, 1.165) is 23.0 Å². The smallest absolute Gasteiger partial charge is 0.162 e. The molecule has 0 aliphatic carbocycles. The van der Waals surface area contributed by atoms with Gasteiger partial charge in [0.2, 0.25) is 0 Å². The van der Waals surface area contributed by atoms with Crippen molar-refractivity contribution in [2.75, 3.05) is 33.9 Å². The number of carbonyl (C=O) groups is 1. The molecule has 0 aromatic heterocycles. The van der Waals surface area contributed by atoms with Crippen LogP contribution in [0.15, 0.2) is 28.7 Å². The van der Waals surface area contributed by atoms with Crippen molar-refractivity contribution in [1.29, 1.82) is 0 Å². The predicted molar refractivity (Wildman–Crippen MR) is 83.1 cm³/mol. The van der Waals surface area contributed by atoms with Crippen molar-refractivity contribution in [2.24, 2.45) is 0 Å². The Kier molecular flexibility index (Phi) is 7.99. The third-order valence-corrected chi connectivity index (χ3v) is 3.52. The molecule has 0 heterocycles. The van der Waals surface area contributed by atoms with E-state index in [1.54, 1.807) is 7.11 Å². The number of likely N-dealkylation sites (N-methyl/N-ethyl adjacent to an activating group) is 1. The van der Waals surface area contributed by atoms with Crippen LogP contribution in [0.3, 0.4) is 0 Å². The zero-order chi connectivity index (χ0) is 15.0. The van der Waals surface area contributed by atoms with Crippen LogP contribution in [0, 0.1) is 0 Å². The van der Waals surface area contributed by atoms with Gasteiger partial charge in [0.15, 0.2) is 5.78 Å². The normalized spacial score (nSPS) is 12.7. The van der Waals surface area contributed by atoms with Gasteiger partial charge in [-0.2, -0.15) is 0 Å². The number of hydrogen-bond acceptors (Lipinski definition) is 4. The molecule has 4 nitrogen and oxygen atoms in total. The molecule has 0 fully saturated rings. The molecule has 112 valence electrons. The number of aliphatic hydroxyl groups is 1. The monoisotopic (exact) mass is 343 g/mol. The van der Waals surface area contributed by atoms with Crippen LogP contribution < -0.4 is 0 Å². The van der Waals surface area contributed by atoms with Gasteiger partial charge in [0.25, 0.3) is 0 Å². The Morgan fingerprint density at radius 2 is 2.05 bits per heavy atom. The highest BCUT2D eigenvalue weighted by Crippen LogP contribution is 2.12. The average molecular weight is 344 g/mol. The van der Waals surface area contributed by atoms with Gasteiger partial charge in [-0.15, -0.1) is 0 Å². The molecule has 0 aliphatic heterocycles. The van der Waals surface area contributed by atoms with Crippen molar-refractivity contribution in [1.82, 2.24) is 4.90 Å². The number of ketones is 1. The molecule has 5 heteroatoms. The van der Waals surface area contributed by atoms with Gasteiger partial charge >= 0.3 is 0 Å². The van der Waals surface area contributed by atoms with Gasteiger partial charge in [-0.05, 0) is 32.1 Å². The molecular formula is C15H22BrNO3. The van der Waals surface area contributed by atoms with Gasteiger partial charge in [-0.3, -0.25) is 4.79 Å². The highest BCUT2D eigenvalue weighted by atomic mass is 79.9. The average Bonchev–Trinajstić information content (AvgIpc) is 2.39. The number of aliphatic hydroxyl groups excluding tert-OH is 1.